The molecule has 1 saturated heterocycles. The van der Waals surface area contributed by atoms with Crippen LogP contribution in [-0.2, 0) is 4.74 Å². The fourth-order valence-corrected chi connectivity index (χ4v) is 1.77. The van der Waals surface area contributed by atoms with E-state index in [1.54, 1.807) is 7.11 Å². The Labute approximate surface area is 75.1 Å². The normalized spacial score (nSPS) is 21.0. The van der Waals surface area contributed by atoms with E-state index >= 15 is 0 Å². The summed E-state index contributed by atoms with van der Waals surface area (Å²) in [4.78, 5) is 2.50. The highest BCUT2D eigenvalue weighted by Crippen LogP contribution is 2.09. The standard InChI is InChI=1S/C9H20N2O/c1-4-11(8(2)7-12-3)9-5-10-6-9/h8-10H,4-7H2,1-3H3. The molecule has 0 spiro atoms. The van der Waals surface area contributed by atoms with Gasteiger partial charge in [0.1, 0.15) is 0 Å². The smallest absolute Gasteiger partial charge is 0.0615 e. The maximum absolute atomic E-state index is 5.14. The summed E-state index contributed by atoms with van der Waals surface area (Å²) in [6.07, 6.45) is 0. The van der Waals surface area contributed by atoms with E-state index in [9.17, 15) is 0 Å². The lowest BCUT2D eigenvalue weighted by Crippen LogP contribution is -2.60. The summed E-state index contributed by atoms with van der Waals surface area (Å²) in [5.41, 5.74) is 0. The number of hydrogen-bond donors (Lipinski definition) is 1. The van der Waals surface area contributed by atoms with Crippen LogP contribution in [0.15, 0.2) is 0 Å². The minimum absolute atomic E-state index is 0.548. The first-order valence-corrected chi connectivity index (χ1v) is 4.75. The van der Waals surface area contributed by atoms with Gasteiger partial charge in [-0.1, -0.05) is 6.92 Å². The first-order chi connectivity index (χ1) is 5.79. The minimum Gasteiger partial charge on any atom is -0.383 e. The van der Waals surface area contributed by atoms with Crippen LogP contribution >= 0.6 is 0 Å². The quantitative estimate of drug-likeness (QED) is 0.646. The maximum atomic E-state index is 5.14. The fourth-order valence-electron chi connectivity index (χ4n) is 1.77. The molecule has 1 rings (SSSR count). The lowest BCUT2D eigenvalue weighted by Gasteiger charge is -2.41. The van der Waals surface area contributed by atoms with Crippen LogP contribution in [0, 0.1) is 0 Å². The molecule has 1 N–H and O–H groups in total. The molecule has 0 radical (unpaired) electrons. The van der Waals surface area contributed by atoms with E-state index < -0.39 is 0 Å². The summed E-state index contributed by atoms with van der Waals surface area (Å²) in [5.74, 6) is 0. The van der Waals surface area contributed by atoms with Gasteiger partial charge < -0.3 is 10.1 Å². The van der Waals surface area contributed by atoms with Gasteiger partial charge in [-0.05, 0) is 13.5 Å². The van der Waals surface area contributed by atoms with Gasteiger partial charge in [-0.15, -0.1) is 0 Å². The van der Waals surface area contributed by atoms with Gasteiger partial charge in [0, 0.05) is 32.3 Å². The van der Waals surface area contributed by atoms with E-state index in [-0.39, 0.29) is 0 Å². The minimum atomic E-state index is 0.548. The lowest BCUT2D eigenvalue weighted by molar-refractivity contribution is 0.0541. The van der Waals surface area contributed by atoms with Crippen molar-refractivity contribution >= 4 is 0 Å². The first kappa shape index (κ1) is 9.96. The molecule has 3 heteroatoms. The van der Waals surface area contributed by atoms with Crippen molar-refractivity contribution in [1.29, 1.82) is 0 Å². The summed E-state index contributed by atoms with van der Waals surface area (Å²) in [6, 6.07) is 1.28. The van der Waals surface area contributed by atoms with Crippen LogP contribution in [0.3, 0.4) is 0 Å². The van der Waals surface area contributed by atoms with E-state index in [1.807, 2.05) is 0 Å². The van der Waals surface area contributed by atoms with Gasteiger partial charge in [-0.3, -0.25) is 4.90 Å². The van der Waals surface area contributed by atoms with Crippen molar-refractivity contribution in [2.75, 3.05) is 33.4 Å². The van der Waals surface area contributed by atoms with Crippen molar-refractivity contribution in [2.24, 2.45) is 0 Å². The van der Waals surface area contributed by atoms with Gasteiger partial charge in [0.05, 0.1) is 6.61 Å². The summed E-state index contributed by atoms with van der Waals surface area (Å²) in [5, 5.41) is 3.29. The molecule has 1 heterocycles. The third-order valence-corrected chi connectivity index (χ3v) is 2.57. The molecule has 0 bridgehead atoms. The average Bonchev–Trinajstić information content (AvgIpc) is 1.96. The van der Waals surface area contributed by atoms with Gasteiger partial charge >= 0.3 is 0 Å². The Balaban J connectivity index is 2.31. The van der Waals surface area contributed by atoms with Crippen molar-refractivity contribution in [3.63, 3.8) is 0 Å². The van der Waals surface area contributed by atoms with Crippen molar-refractivity contribution in [3.05, 3.63) is 0 Å². The Bertz CT molecular complexity index is 126. The van der Waals surface area contributed by atoms with E-state index in [2.05, 4.69) is 24.1 Å². The van der Waals surface area contributed by atoms with Crippen LogP contribution in [-0.4, -0.2) is 50.3 Å². The van der Waals surface area contributed by atoms with Gasteiger partial charge in [0.15, 0.2) is 0 Å². The zero-order chi connectivity index (χ0) is 8.97. The van der Waals surface area contributed by atoms with Gasteiger partial charge in [0.2, 0.25) is 0 Å². The van der Waals surface area contributed by atoms with Crippen LogP contribution in [0.4, 0.5) is 0 Å². The SMILES string of the molecule is CCN(C(C)COC)C1CNC1. The van der Waals surface area contributed by atoms with Crippen molar-refractivity contribution in [3.8, 4) is 0 Å². The topological polar surface area (TPSA) is 24.5 Å². The van der Waals surface area contributed by atoms with Crippen LogP contribution < -0.4 is 5.32 Å². The molecule has 0 aromatic heterocycles. The summed E-state index contributed by atoms with van der Waals surface area (Å²) >= 11 is 0. The second-order valence-corrected chi connectivity index (χ2v) is 3.45. The predicted octanol–water partition coefficient (Wildman–Crippen LogP) is 0.315. The van der Waals surface area contributed by atoms with Gasteiger partial charge in [0.25, 0.3) is 0 Å². The number of nitrogens with zero attached hydrogens (tertiary/aromatic N) is 1. The summed E-state index contributed by atoms with van der Waals surface area (Å²) < 4.78 is 5.14. The van der Waals surface area contributed by atoms with Crippen LogP contribution in [0.5, 0.6) is 0 Å². The monoisotopic (exact) mass is 172 g/mol. The highest BCUT2D eigenvalue weighted by Gasteiger charge is 2.26. The number of ether oxygens (including phenoxy) is 1. The Kier molecular flexibility index (Phi) is 3.98. The van der Waals surface area contributed by atoms with E-state index in [1.165, 1.54) is 0 Å². The number of rotatable bonds is 5. The van der Waals surface area contributed by atoms with Crippen LogP contribution in [0.2, 0.25) is 0 Å². The lowest BCUT2D eigenvalue weighted by atomic mass is 10.1. The molecular weight excluding hydrogens is 152 g/mol. The third kappa shape index (κ3) is 2.19. The van der Waals surface area contributed by atoms with Crippen molar-refractivity contribution in [1.82, 2.24) is 10.2 Å². The number of likely N-dealkylation sites (N-methyl/N-ethyl adjacent to an activating group) is 1. The molecule has 0 aromatic rings. The Hall–Kier alpha value is -0.120. The molecule has 1 atom stereocenters. The fraction of sp³-hybridized carbons (Fsp3) is 1.00. The molecule has 1 aliphatic rings. The van der Waals surface area contributed by atoms with Gasteiger partial charge in [-0.25, -0.2) is 0 Å². The number of methoxy groups -OCH3 is 1. The number of hydrogen-bond acceptors (Lipinski definition) is 3. The molecule has 1 aliphatic heterocycles. The molecular formula is C9H20N2O. The molecule has 0 saturated carbocycles. The van der Waals surface area contributed by atoms with Gasteiger partial charge in [-0.2, -0.15) is 0 Å². The zero-order valence-electron chi connectivity index (χ0n) is 8.34. The molecule has 3 nitrogen and oxygen atoms in total. The molecule has 0 aromatic carbocycles. The highest BCUT2D eigenvalue weighted by molar-refractivity contribution is 4.86. The van der Waals surface area contributed by atoms with Crippen LogP contribution in [0.1, 0.15) is 13.8 Å². The molecule has 1 fully saturated rings. The summed E-state index contributed by atoms with van der Waals surface area (Å²) in [7, 11) is 1.77. The van der Waals surface area contributed by atoms with Crippen LogP contribution in [0.25, 0.3) is 0 Å². The average molecular weight is 172 g/mol. The Morgan fingerprint density at radius 1 is 1.58 bits per heavy atom. The molecule has 0 amide bonds. The maximum Gasteiger partial charge on any atom is 0.0615 e. The van der Waals surface area contributed by atoms with Crippen molar-refractivity contribution in [2.45, 2.75) is 25.9 Å². The zero-order valence-corrected chi connectivity index (χ0v) is 8.34. The van der Waals surface area contributed by atoms with E-state index in [0.717, 1.165) is 32.3 Å². The van der Waals surface area contributed by atoms with E-state index in [4.69, 9.17) is 4.74 Å². The molecule has 72 valence electrons. The molecule has 1 unspecified atom stereocenters. The largest absolute Gasteiger partial charge is 0.383 e. The molecule has 0 aliphatic carbocycles. The van der Waals surface area contributed by atoms with Crippen molar-refractivity contribution < 1.29 is 4.74 Å². The Morgan fingerprint density at radius 3 is 2.58 bits per heavy atom. The second kappa shape index (κ2) is 4.80. The highest BCUT2D eigenvalue weighted by atomic mass is 16.5. The molecule has 12 heavy (non-hydrogen) atoms. The predicted molar refractivity (Wildman–Crippen MR) is 50.4 cm³/mol. The first-order valence-electron chi connectivity index (χ1n) is 4.75. The van der Waals surface area contributed by atoms with E-state index in [0.29, 0.717) is 6.04 Å². The Morgan fingerprint density at radius 2 is 2.25 bits per heavy atom. The number of nitrogens with one attached hydrogen (secondary N) is 1. The second-order valence-electron chi connectivity index (χ2n) is 3.45. The summed E-state index contributed by atoms with van der Waals surface area (Å²) in [6.45, 7) is 8.68. The third-order valence-electron chi connectivity index (χ3n) is 2.57.